The van der Waals surface area contributed by atoms with Crippen LogP contribution in [0.3, 0.4) is 0 Å². The Morgan fingerprint density at radius 1 is 1.05 bits per heavy atom. The Morgan fingerprint density at radius 3 is 2.25 bits per heavy atom. The molecule has 0 saturated heterocycles. The maximum atomic E-state index is 12.1. The highest BCUT2D eigenvalue weighted by molar-refractivity contribution is 7.89. The monoisotopic (exact) mass is 309 g/mol. The largest absolute Gasteiger partial charge is 0.240 e. The molecule has 1 atom stereocenters. The van der Waals surface area contributed by atoms with E-state index in [-0.39, 0.29) is 10.8 Å². The Labute approximate surface area is 124 Å². The lowest BCUT2D eigenvalue weighted by Gasteiger charge is -2.13. The second-order valence-corrected chi connectivity index (χ2v) is 6.82. The molecule has 0 aliphatic carbocycles. The van der Waals surface area contributed by atoms with Gasteiger partial charge in [0.15, 0.2) is 0 Å². The summed E-state index contributed by atoms with van der Waals surface area (Å²) in [7, 11) is -3.49. The first-order chi connectivity index (χ1) is 9.49. The van der Waals surface area contributed by atoms with E-state index in [0.717, 1.165) is 5.56 Å². The fraction of sp³-hybridized carbons (Fsp3) is 0.200. The molecule has 5 heteroatoms. The molecule has 0 aromatic heterocycles. The second kappa shape index (κ2) is 6.39. The zero-order valence-corrected chi connectivity index (χ0v) is 12.7. The first kappa shape index (κ1) is 15.0. The fourth-order valence-electron chi connectivity index (χ4n) is 1.83. The van der Waals surface area contributed by atoms with Crippen molar-refractivity contribution in [2.24, 2.45) is 0 Å². The van der Waals surface area contributed by atoms with Crippen LogP contribution in [0.1, 0.15) is 18.4 Å². The second-order valence-electron chi connectivity index (χ2n) is 4.62. The van der Waals surface area contributed by atoms with E-state index in [1.54, 1.807) is 12.1 Å². The Balaban J connectivity index is 2.04. The first-order valence-corrected chi connectivity index (χ1v) is 8.15. The third kappa shape index (κ3) is 3.82. The molecule has 2 aromatic rings. The summed E-state index contributed by atoms with van der Waals surface area (Å²) in [5.41, 5.74) is 1.10. The van der Waals surface area contributed by atoms with Crippen LogP contribution < -0.4 is 4.72 Å². The van der Waals surface area contributed by atoms with Gasteiger partial charge in [-0.25, -0.2) is 13.1 Å². The van der Waals surface area contributed by atoms with E-state index in [9.17, 15) is 8.42 Å². The van der Waals surface area contributed by atoms with Crippen LogP contribution in [0.2, 0.25) is 5.02 Å². The van der Waals surface area contributed by atoms with E-state index in [2.05, 4.69) is 4.72 Å². The van der Waals surface area contributed by atoms with Crippen LogP contribution in [-0.4, -0.2) is 15.0 Å². The molecule has 0 aliphatic heterocycles. The lowest BCUT2D eigenvalue weighted by atomic mass is 10.0. The van der Waals surface area contributed by atoms with Crippen molar-refractivity contribution in [1.29, 1.82) is 0 Å². The molecule has 0 unspecified atom stereocenters. The van der Waals surface area contributed by atoms with E-state index in [1.807, 2.05) is 37.3 Å². The molecule has 0 amide bonds. The van der Waals surface area contributed by atoms with Crippen LogP contribution in [0.25, 0.3) is 0 Å². The Bertz CT molecular complexity index is 654. The van der Waals surface area contributed by atoms with Crippen LogP contribution in [0.4, 0.5) is 0 Å². The molecule has 1 N–H and O–H groups in total. The smallest absolute Gasteiger partial charge is 0.211 e. The van der Waals surface area contributed by atoms with Crippen molar-refractivity contribution in [3.05, 3.63) is 65.2 Å². The summed E-state index contributed by atoms with van der Waals surface area (Å²) in [4.78, 5) is 0.224. The Kier molecular flexibility index (Phi) is 4.81. The molecule has 106 valence electrons. The lowest BCUT2D eigenvalue weighted by molar-refractivity contribution is 0.575. The van der Waals surface area contributed by atoms with Gasteiger partial charge in [0.25, 0.3) is 0 Å². The van der Waals surface area contributed by atoms with Gasteiger partial charge in [-0.3, -0.25) is 0 Å². The summed E-state index contributed by atoms with van der Waals surface area (Å²) in [6, 6.07) is 15.9. The van der Waals surface area contributed by atoms with E-state index < -0.39 is 10.0 Å². The predicted octanol–water partition coefficient (Wildman–Crippen LogP) is 3.42. The summed E-state index contributed by atoms with van der Waals surface area (Å²) < 4.78 is 26.9. The minimum absolute atomic E-state index is 0.110. The van der Waals surface area contributed by atoms with Crippen LogP contribution in [0, 0.1) is 0 Å². The third-order valence-electron chi connectivity index (χ3n) is 3.07. The minimum atomic E-state index is -3.49. The van der Waals surface area contributed by atoms with Gasteiger partial charge in [0.2, 0.25) is 10.0 Å². The molecule has 2 rings (SSSR count). The molecule has 20 heavy (non-hydrogen) atoms. The van der Waals surface area contributed by atoms with Crippen molar-refractivity contribution < 1.29 is 8.42 Å². The molecular weight excluding hydrogens is 294 g/mol. The maximum absolute atomic E-state index is 12.1. The summed E-state index contributed by atoms with van der Waals surface area (Å²) in [6.07, 6.45) is 0. The zero-order chi connectivity index (χ0) is 14.6. The van der Waals surface area contributed by atoms with Gasteiger partial charge in [-0.05, 0) is 35.7 Å². The first-order valence-electron chi connectivity index (χ1n) is 6.29. The number of benzene rings is 2. The van der Waals surface area contributed by atoms with Crippen LogP contribution >= 0.6 is 11.6 Å². The molecule has 3 nitrogen and oxygen atoms in total. The van der Waals surface area contributed by atoms with Gasteiger partial charge in [-0.1, -0.05) is 48.9 Å². The van der Waals surface area contributed by atoms with Crippen molar-refractivity contribution >= 4 is 21.6 Å². The average Bonchev–Trinajstić information content (AvgIpc) is 2.46. The van der Waals surface area contributed by atoms with Gasteiger partial charge >= 0.3 is 0 Å². The fourth-order valence-corrected chi connectivity index (χ4v) is 3.09. The number of rotatable bonds is 5. The summed E-state index contributed by atoms with van der Waals surface area (Å²) >= 11 is 5.75. The van der Waals surface area contributed by atoms with Crippen LogP contribution in [0.5, 0.6) is 0 Å². The van der Waals surface area contributed by atoms with Gasteiger partial charge in [-0.15, -0.1) is 0 Å². The third-order valence-corrected chi connectivity index (χ3v) is 4.76. The van der Waals surface area contributed by atoms with Gasteiger partial charge < -0.3 is 0 Å². The standard InChI is InChI=1S/C15H16ClNO2S/c1-12(13-5-3-2-4-6-13)11-17-20(18,19)15-9-7-14(16)8-10-15/h2-10,12,17H,11H2,1H3/t12-/m1/s1. The average molecular weight is 310 g/mol. The molecule has 0 heterocycles. The van der Waals surface area contributed by atoms with E-state index in [4.69, 9.17) is 11.6 Å². The lowest BCUT2D eigenvalue weighted by Crippen LogP contribution is -2.27. The summed E-state index contributed by atoms with van der Waals surface area (Å²) in [6.45, 7) is 2.34. The summed E-state index contributed by atoms with van der Waals surface area (Å²) in [5.74, 6) is 0.110. The van der Waals surface area contributed by atoms with Crippen molar-refractivity contribution in [2.45, 2.75) is 17.7 Å². The number of halogens is 1. The molecule has 2 aromatic carbocycles. The van der Waals surface area contributed by atoms with Crippen molar-refractivity contribution in [3.63, 3.8) is 0 Å². The number of hydrogen-bond donors (Lipinski definition) is 1. The van der Waals surface area contributed by atoms with Gasteiger partial charge in [0, 0.05) is 11.6 Å². The topological polar surface area (TPSA) is 46.2 Å². The van der Waals surface area contributed by atoms with E-state index in [1.165, 1.54) is 12.1 Å². The SMILES string of the molecule is C[C@H](CNS(=O)(=O)c1ccc(Cl)cc1)c1ccccc1. The van der Waals surface area contributed by atoms with Crippen LogP contribution in [-0.2, 0) is 10.0 Å². The quantitative estimate of drug-likeness (QED) is 0.920. The highest BCUT2D eigenvalue weighted by Gasteiger charge is 2.15. The predicted molar refractivity (Wildman–Crippen MR) is 81.5 cm³/mol. The number of hydrogen-bond acceptors (Lipinski definition) is 2. The Morgan fingerprint density at radius 2 is 1.65 bits per heavy atom. The summed E-state index contributed by atoms with van der Waals surface area (Å²) in [5, 5.41) is 0.515. The van der Waals surface area contributed by atoms with Crippen molar-refractivity contribution in [1.82, 2.24) is 4.72 Å². The normalized spacial score (nSPS) is 13.1. The molecule has 0 fully saturated rings. The van der Waals surface area contributed by atoms with Gasteiger partial charge in [0.1, 0.15) is 0 Å². The Hall–Kier alpha value is -1.36. The van der Waals surface area contributed by atoms with E-state index in [0.29, 0.717) is 11.6 Å². The van der Waals surface area contributed by atoms with Crippen molar-refractivity contribution in [3.8, 4) is 0 Å². The van der Waals surface area contributed by atoms with Crippen LogP contribution in [0.15, 0.2) is 59.5 Å². The zero-order valence-electron chi connectivity index (χ0n) is 11.1. The molecule has 0 aliphatic rings. The number of nitrogens with one attached hydrogen (secondary N) is 1. The van der Waals surface area contributed by atoms with E-state index >= 15 is 0 Å². The highest BCUT2D eigenvalue weighted by Crippen LogP contribution is 2.16. The van der Waals surface area contributed by atoms with Gasteiger partial charge in [0.05, 0.1) is 4.90 Å². The molecule has 0 saturated carbocycles. The minimum Gasteiger partial charge on any atom is -0.211 e. The molecule has 0 radical (unpaired) electrons. The highest BCUT2D eigenvalue weighted by atomic mass is 35.5. The molecular formula is C15H16ClNO2S. The molecule has 0 bridgehead atoms. The van der Waals surface area contributed by atoms with Gasteiger partial charge in [-0.2, -0.15) is 0 Å². The number of sulfonamides is 1. The molecule has 0 spiro atoms. The maximum Gasteiger partial charge on any atom is 0.240 e. The van der Waals surface area contributed by atoms with Crippen molar-refractivity contribution in [2.75, 3.05) is 6.54 Å².